The minimum Gasteiger partial charge on any atom is -0.497 e. The molecule has 220 valence electrons. The molecule has 2 fully saturated rings. The highest BCUT2D eigenvalue weighted by Crippen LogP contribution is 2.54. The van der Waals surface area contributed by atoms with E-state index in [-0.39, 0.29) is 12.0 Å². The molecule has 0 aliphatic carbocycles. The van der Waals surface area contributed by atoms with E-state index in [1.807, 2.05) is 19.1 Å². The highest BCUT2D eigenvalue weighted by molar-refractivity contribution is 6.78. The Labute approximate surface area is 236 Å². The van der Waals surface area contributed by atoms with Crippen molar-refractivity contribution in [2.24, 2.45) is 5.92 Å². The van der Waals surface area contributed by atoms with Gasteiger partial charge in [0.1, 0.15) is 23.5 Å². The maximum absolute atomic E-state index is 13.3. The number of methoxy groups -OCH3 is 1. The number of nitrogens with one attached hydrogen (secondary N) is 1. The largest absolute Gasteiger partial charge is 0.497 e. The summed E-state index contributed by atoms with van der Waals surface area (Å²) in [5, 5.41) is 2.76. The van der Waals surface area contributed by atoms with Gasteiger partial charge >= 0.3 is 12.1 Å². The van der Waals surface area contributed by atoms with E-state index in [9.17, 15) is 9.59 Å². The Morgan fingerprint density at radius 1 is 1.05 bits per heavy atom. The fourth-order valence-corrected chi connectivity index (χ4v) is 12.9. The monoisotopic (exact) mass is 561 g/mol. The van der Waals surface area contributed by atoms with E-state index in [4.69, 9.17) is 18.6 Å². The van der Waals surface area contributed by atoms with Gasteiger partial charge in [-0.2, -0.15) is 0 Å². The molecule has 6 atom stereocenters. The van der Waals surface area contributed by atoms with Gasteiger partial charge in [0.25, 0.3) is 0 Å². The van der Waals surface area contributed by atoms with Crippen molar-refractivity contribution in [2.45, 2.75) is 134 Å². The molecule has 2 heterocycles. The average molecular weight is 562 g/mol. The van der Waals surface area contributed by atoms with Crippen LogP contribution in [0, 0.1) is 5.92 Å². The van der Waals surface area contributed by atoms with E-state index in [2.05, 4.69) is 45.1 Å². The lowest BCUT2D eigenvalue weighted by Gasteiger charge is -2.45. The topological polar surface area (TPSA) is 83.1 Å². The lowest BCUT2D eigenvalue weighted by Crippen LogP contribution is -2.53. The van der Waals surface area contributed by atoms with Gasteiger partial charge < -0.3 is 24.0 Å². The molecule has 0 radical (unpaired) electrons. The summed E-state index contributed by atoms with van der Waals surface area (Å²) in [6.07, 6.45) is 4.09. The highest BCUT2D eigenvalue weighted by atomic mass is 28.4. The molecule has 1 aromatic rings. The molecule has 0 aromatic heterocycles. The van der Waals surface area contributed by atoms with Crippen molar-refractivity contribution in [1.29, 1.82) is 0 Å². The fourth-order valence-electron chi connectivity index (χ4n) is 6.82. The van der Waals surface area contributed by atoms with Crippen LogP contribution >= 0.6 is 0 Å². The number of carbonyl (C=O) groups is 2. The molecule has 1 N–H and O–H groups in total. The summed E-state index contributed by atoms with van der Waals surface area (Å²) in [7, 11) is -0.492. The van der Waals surface area contributed by atoms with Gasteiger partial charge in [-0.3, -0.25) is 0 Å². The van der Waals surface area contributed by atoms with Gasteiger partial charge in [0.2, 0.25) is 8.32 Å². The van der Waals surface area contributed by atoms with E-state index in [1.54, 1.807) is 27.9 Å². The van der Waals surface area contributed by atoms with E-state index in [0.717, 1.165) is 25.0 Å². The van der Waals surface area contributed by atoms with Crippen molar-refractivity contribution in [1.82, 2.24) is 5.32 Å². The van der Waals surface area contributed by atoms with Crippen molar-refractivity contribution in [2.75, 3.05) is 7.11 Å². The van der Waals surface area contributed by atoms with Crippen LogP contribution in [0.15, 0.2) is 24.3 Å². The summed E-state index contributed by atoms with van der Waals surface area (Å²) in [6, 6.07) is 7.47. The SMILES string of the molecule is COc1ccc(CC2CCCC(NC(=O)OC(C)(C)C)C(=O)OC(C)C2O[Si]2(C(C)C)C(C)CCC2C)cc1. The Hall–Kier alpha value is -2.06. The highest BCUT2D eigenvalue weighted by Gasteiger charge is 2.55. The summed E-state index contributed by atoms with van der Waals surface area (Å²) in [6.45, 7) is 16.7. The maximum Gasteiger partial charge on any atom is 0.408 e. The zero-order chi connectivity index (χ0) is 29.0. The van der Waals surface area contributed by atoms with Crippen LogP contribution < -0.4 is 10.1 Å². The first-order valence-electron chi connectivity index (χ1n) is 14.8. The first kappa shape index (κ1) is 31.5. The summed E-state index contributed by atoms with van der Waals surface area (Å²) < 4.78 is 24.3. The minimum absolute atomic E-state index is 0.171. The standard InChI is InChI=1S/C31H51NO6Si/c1-20(2)39(21(3)13-14-22(39)4)38-28-23(5)36-29(33)27(32-30(34)37-31(6,7)8)12-10-11-25(28)19-24-15-17-26(35-9)18-16-24/h15-18,20-23,25,27-28H,10-14,19H2,1-9H3,(H,32,34). The van der Waals surface area contributed by atoms with Gasteiger partial charge in [-0.15, -0.1) is 0 Å². The van der Waals surface area contributed by atoms with E-state index in [1.165, 1.54) is 18.4 Å². The Balaban J connectivity index is 1.91. The number of carbonyl (C=O) groups excluding carboxylic acids is 2. The zero-order valence-electron chi connectivity index (χ0n) is 25.5. The summed E-state index contributed by atoms with van der Waals surface area (Å²) in [5.74, 6) is 0.587. The van der Waals surface area contributed by atoms with Crippen LogP contribution in [0.5, 0.6) is 5.75 Å². The van der Waals surface area contributed by atoms with Crippen LogP contribution in [-0.4, -0.2) is 51.3 Å². The molecule has 6 unspecified atom stereocenters. The van der Waals surface area contributed by atoms with Crippen LogP contribution in [0.4, 0.5) is 4.79 Å². The second-order valence-corrected chi connectivity index (χ2v) is 18.1. The third kappa shape index (κ3) is 7.78. The molecule has 0 saturated carbocycles. The van der Waals surface area contributed by atoms with E-state index >= 15 is 0 Å². The Bertz CT molecular complexity index is 949. The molecule has 7 nitrogen and oxygen atoms in total. The van der Waals surface area contributed by atoms with Crippen molar-refractivity contribution in [3.8, 4) is 5.75 Å². The van der Waals surface area contributed by atoms with Crippen molar-refractivity contribution < 1.29 is 28.2 Å². The number of hydrogen-bond donors (Lipinski definition) is 1. The Kier molecular flexibility index (Phi) is 10.5. The second kappa shape index (κ2) is 13.1. The van der Waals surface area contributed by atoms with Gasteiger partial charge in [-0.25, -0.2) is 9.59 Å². The zero-order valence-corrected chi connectivity index (χ0v) is 26.5. The number of amides is 1. The first-order chi connectivity index (χ1) is 18.3. The minimum atomic E-state index is -2.17. The van der Waals surface area contributed by atoms with E-state index in [0.29, 0.717) is 23.0 Å². The second-order valence-electron chi connectivity index (χ2n) is 13.1. The predicted molar refractivity (Wildman–Crippen MR) is 157 cm³/mol. The molecule has 2 aliphatic rings. The number of hydrogen-bond acceptors (Lipinski definition) is 6. The smallest absolute Gasteiger partial charge is 0.408 e. The van der Waals surface area contributed by atoms with Crippen LogP contribution in [-0.2, 0) is 25.1 Å². The molecule has 2 aliphatic heterocycles. The number of benzene rings is 1. The summed E-state index contributed by atoms with van der Waals surface area (Å²) >= 11 is 0. The molecule has 39 heavy (non-hydrogen) atoms. The van der Waals surface area contributed by atoms with E-state index < -0.39 is 38.1 Å². The van der Waals surface area contributed by atoms with Crippen LogP contribution in [0.2, 0.25) is 16.6 Å². The van der Waals surface area contributed by atoms with Crippen LogP contribution in [0.25, 0.3) is 0 Å². The molecule has 0 bridgehead atoms. The first-order valence-corrected chi connectivity index (χ1v) is 16.9. The molecular formula is C31H51NO6Si. The van der Waals surface area contributed by atoms with Gasteiger partial charge in [0, 0.05) is 0 Å². The van der Waals surface area contributed by atoms with Crippen LogP contribution in [0.3, 0.4) is 0 Å². The number of esters is 1. The normalized spacial score (nSPS) is 32.1. The summed E-state index contributed by atoms with van der Waals surface area (Å²) in [4.78, 5) is 25.9. The van der Waals surface area contributed by atoms with Gasteiger partial charge in [0.05, 0.1) is 13.2 Å². The number of rotatable bonds is 7. The molecule has 1 aromatic carbocycles. The van der Waals surface area contributed by atoms with Crippen LogP contribution in [0.1, 0.15) is 93.1 Å². The van der Waals surface area contributed by atoms with Gasteiger partial charge in [0.15, 0.2) is 0 Å². The molecule has 2 saturated heterocycles. The lowest BCUT2D eigenvalue weighted by molar-refractivity contribution is -0.156. The molecular weight excluding hydrogens is 510 g/mol. The number of alkyl carbamates (subject to hydrolysis) is 1. The van der Waals surface area contributed by atoms with Crippen molar-refractivity contribution in [3.05, 3.63) is 29.8 Å². The Morgan fingerprint density at radius 3 is 2.21 bits per heavy atom. The predicted octanol–water partition coefficient (Wildman–Crippen LogP) is 7.18. The lowest BCUT2D eigenvalue weighted by atomic mass is 9.87. The quantitative estimate of drug-likeness (QED) is 0.280. The Morgan fingerprint density at radius 2 is 1.67 bits per heavy atom. The summed E-state index contributed by atoms with van der Waals surface area (Å²) in [5.41, 5.74) is 2.12. The third-order valence-corrected chi connectivity index (χ3v) is 14.9. The van der Waals surface area contributed by atoms with Crippen molar-refractivity contribution in [3.63, 3.8) is 0 Å². The average Bonchev–Trinajstić information content (AvgIpc) is 3.15. The molecule has 8 heteroatoms. The molecule has 0 spiro atoms. The molecule has 1 amide bonds. The number of ether oxygens (including phenoxy) is 3. The van der Waals surface area contributed by atoms with Crippen molar-refractivity contribution >= 4 is 20.4 Å². The van der Waals surface area contributed by atoms with Gasteiger partial charge in [-0.05, 0) is 87.2 Å². The van der Waals surface area contributed by atoms with Gasteiger partial charge in [-0.1, -0.05) is 59.1 Å². The molecule has 3 rings (SSSR count). The third-order valence-electron chi connectivity index (χ3n) is 8.75. The maximum atomic E-state index is 13.3. The number of cyclic esters (lactones) is 1. The fraction of sp³-hybridized carbons (Fsp3) is 0.742.